The van der Waals surface area contributed by atoms with E-state index in [0.717, 1.165) is 60.1 Å². The SMILES string of the molecule is COc1cc(Nc2nccc(-c3ccc(OC4CCN(C(=O)CO)CC4)cc3)n2)ccc1N1CCOCC1. The van der Waals surface area contributed by atoms with Crippen molar-refractivity contribution in [1.29, 1.82) is 0 Å². The molecule has 200 valence electrons. The molecule has 38 heavy (non-hydrogen) atoms. The number of ether oxygens (including phenoxy) is 3. The number of hydrogen-bond acceptors (Lipinski definition) is 9. The predicted molar refractivity (Wildman–Crippen MR) is 144 cm³/mol. The van der Waals surface area contributed by atoms with E-state index in [4.69, 9.17) is 24.3 Å². The molecule has 10 nitrogen and oxygen atoms in total. The molecule has 0 radical (unpaired) electrons. The van der Waals surface area contributed by atoms with Gasteiger partial charge in [0.25, 0.3) is 0 Å². The fraction of sp³-hybridized carbons (Fsp3) is 0.393. The van der Waals surface area contributed by atoms with Gasteiger partial charge in [-0.15, -0.1) is 0 Å². The summed E-state index contributed by atoms with van der Waals surface area (Å²) in [5, 5.41) is 12.3. The third-order valence-electron chi connectivity index (χ3n) is 6.83. The molecule has 2 N–H and O–H groups in total. The second-order valence-corrected chi connectivity index (χ2v) is 9.26. The lowest BCUT2D eigenvalue weighted by Gasteiger charge is -2.31. The van der Waals surface area contributed by atoms with Crippen LogP contribution in [0.2, 0.25) is 0 Å². The fourth-order valence-corrected chi connectivity index (χ4v) is 4.75. The lowest BCUT2D eigenvalue weighted by Crippen LogP contribution is -2.42. The molecule has 5 rings (SSSR count). The first-order valence-electron chi connectivity index (χ1n) is 12.9. The zero-order valence-electron chi connectivity index (χ0n) is 21.5. The summed E-state index contributed by atoms with van der Waals surface area (Å²) in [6.45, 7) is 3.85. The van der Waals surface area contributed by atoms with E-state index >= 15 is 0 Å². The second-order valence-electron chi connectivity index (χ2n) is 9.26. The van der Waals surface area contributed by atoms with Gasteiger partial charge in [-0.3, -0.25) is 4.79 Å². The highest BCUT2D eigenvalue weighted by Gasteiger charge is 2.23. The van der Waals surface area contributed by atoms with E-state index in [9.17, 15) is 4.79 Å². The number of hydrogen-bond donors (Lipinski definition) is 2. The molecule has 2 aliphatic rings. The summed E-state index contributed by atoms with van der Waals surface area (Å²) in [5.41, 5.74) is 3.63. The van der Waals surface area contributed by atoms with Gasteiger partial charge in [-0.05, 0) is 42.5 Å². The topological polar surface area (TPSA) is 109 Å². The number of amides is 1. The van der Waals surface area contributed by atoms with E-state index in [0.29, 0.717) is 32.3 Å². The second kappa shape index (κ2) is 12.1. The van der Waals surface area contributed by atoms with Crippen LogP contribution in [-0.4, -0.2) is 85.1 Å². The maximum atomic E-state index is 11.6. The Morgan fingerprint density at radius 3 is 2.55 bits per heavy atom. The van der Waals surface area contributed by atoms with Crippen LogP contribution in [0, 0.1) is 0 Å². The van der Waals surface area contributed by atoms with Gasteiger partial charge in [0.1, 0.15) is 24.2 Å². The number of nitrogens with one attached hydrogen (secondary N) is 1. The fourth-order valence-electron chi connectivity index (χ4n) is 4.75. The molecule has 0 saturated carbocycles. The maximum Gasteiger partial charge on any atom is 0.248 e. The molecular formula is C28H33N5O5. The highest BCUT2D eigenvalue weighted by molar-refractivity contribution is 5.77. The Kier molecular flexibility index (Phi) is 8.20. The number of aromatic nitrogens is 2. The minimum Gasteiger partial charge on any atom is -0.495 e. The number of anilines is 3. The summed E-state index contributed by atoms with van der Waals surface area (Å²) in [5.74, 6) is 1.83. The first-order chi connectivity index (χ1) is 18.6. The molecule has 2 saturated heterocycles. The summed E-state index contributed by atoms with van der Waals surface area (Å²) in [6.07, 6.45) is 3.26. The molecule has 2 fully saturated rings. The minimum absolute atomic E-state index is 0.0464. The monoisotopic (exact) mass is 519 g/mol. The van der Waals surface area contributed by atoms with Crippen molar-refractivity contribution in [2.24, 2.45) is 0 Å². The van der Waals surface area contributed by atoms with E-state index in [1.807, 2.05) is 48.5 Å². The van der Waals surface area contributed by atoms with Gasteiger partial charge >= 0.3 is 0 Å². The lowest BCUT2D eigenvalue weighted by atomic mass is 10.1. The Morgan fingerprint density at radius 2 is 1.84 bits per heavy atom. The molecule has 0 unspecified atom stereocenters. The lowest BCUT2D eigenvalue weighted by molar-refractivity contribution is -0.135. The van der Waals surface area contributed by atoms with Crippen molar-refractivity contribution in [3.8, 4) is 22.8 Å². The minimum atomic E-state index is -0.442. The van der Waals surface area contributed by atoms with Crippen molar-refractivity contribution in [3.63, 3.8) is 0 Å². The van der Waals surface area contributed by atoms with E-state index in [1.54, 1.807) is 18.2 Å². The van der Waals surface area contributed by atoms with Crippen LogP contribution in [0.25, 0.3) is 11.3 Å². The largest absolute Gasteiger partial charge is 0.495 e. The van der Waals surface area contributed by atoms with E-state index in [2.05, 4.69) is 15.2 Å². The van der Waals surface area contributed by atoms with Crippen LogP contribution in [0.1, 0.15) is 12.8 Å². The number of nitrogens with zero attached hydrogens (tertiary/aromatic N) is 4. The zero-order chi connectivity index (χ0) is 26.3. The molecule has 1 amide bonds. The zero-order valence-corrected chi connectivity index (χ0v) is 21.5. The van der Waals surface area contributed by atoms with Gasteiger partial charge in [-0.25, -0.2) is 9.97 Å². The molecule has 2 aromatic carbocycles. The third kappa shape index (κ3) is 6.15. The van der Waals surface area contributed by atoms with Crippen LogP contribution in [0.3, 0.4) is 0 Å². The normalized spacial score (nSPS) is 16.3. The molecular weight excluding hydrogens is 486 g/mol. The standard InChI is InChI=1S/C28H33N5O5/c1-36-26-18-21(4-7-25(26)32-14-16-37-17-15-32)30-28-29-11-8-24(31-28)20-2-5-22(6-3-20)38-23-9-12-33(13-10-23)27(35)19-34/h2-8,11,18,23,34H,9-10,12-17,19H2,1H3,(H,29,30,31). The third-order valence-corrected chi connectivity index (χ3v) is 6.83. The summed E-state index contributed by atoms with van der Waals surface area (Å²) in [4.78, 5) is 24.7. The van der Waals surface area contributed by atoms with E-state index in [-0.39, 0.29) is 12.0 Å². The number of morpholine rings is 1. The van der Waals surface area contributed by atoms with Gasteiger partial charge in [-0.2, -0.15) is 0 Å². The van der Waals surface area contributed by atoms with Gasteiger partial charge < -0.3 is 34.4 Å². The van der Waals surface area contributed by atoms with Crippen LogP contribution in [-0.2, 0) is 9.53 Å². The van der Waals surface area contributed by atoms with Gasteiger partial charge in [0.2, 0.25) is 11.9 Å². The van der Waals surface area contributed by atoms with Crippen molar-refractivity contribution in [2.45, 2.75) is 18.9 Å². The number of carbonyl (C=O) groups excluding carboxylic acids is 1. The molecule has 0 atom stereocenters. The quantitative estimate of drug-likeness (QED) is 0.464. The Balaban J connectivity index is 1.21. The maximum absolute atomic E-state index is 11.6. The molecule has 10 heteroatoms. The first kappa shape index (κ1) is 25.7. The van der Waals surface area contributed by atoms with E-state index in [1.165, 1.54) is 0 Å². The number of rotatable bonds is 8. The number of carbonyl (C=O) groups is 1. The van der Waals surface area contributed by atoms with Gasteiger partial charge in [0, 0.05) is 62.5 Å². The Morgan fingerprint density at radius 1 is 1.08 bits per heavy atom. The van der Waals surface area contributed by atoms with Gasteiger partial charge in [-0.1, -0.05) is 0 Å². The van der Waals surface area contributed by atoms with E-state index < -0.39 is 6.61 Å². The number of methoxy groups -OCH3 is 1. The Bertz CT molecular complexity index is 1220. The summed E-state index contributed by atoms with van der Waals surface area (Å²) < 4.78 is 17.2. The predicted octanol–water partition coefficient (Wildman–Crippen LogP) is 3.09. The summed E-state index contributed by atoms with van der Waals surface area (Å²) in [7, 11) is 1.68. The average Bonchev–Trinajstić information content (AvgIpc) is 2.98. The van der Waals surface area contributed by atoms with Crippen molar-refractivity contribution in [1.82, 2.24) is 14.9 Å². The number of piperidine rings is 1. The Hall–Kier alpha value is -3.89. The van der Waals surface area contributed by atoms with Crippen molar-refractivity contribution >= 4 is 23.2 Å². The van der Waals surface area contributed by atoms with Gasteiger partial charge in [0.05, 0.1) is 31.7 Å². The first-order valence-corrected chi connectivity index (χ1v) is 12.9. The molecule has 3 heterocycles. The smallest absolute Gasteiger partial charge is 0.248 e. The molecule has 3 aromatic rings. The highest BCUT2D eigenvalue weighted by atomic mass is 16.5. The molecule has 0 aliphatic carbocycles. The number of benzene rings is 2. The van der Waals surface area contributed by atoms with Crippen molar-refractivity contribution < 1.29 is 24.1 Å². The average molecular weight is 520 g/mol. The summed E-state index contributed by atoms with van der Waals surface area (Å²) >= 11 is 0. The van der Waals surface area contributed by atoms with Crippen molar-refractivity contribution in [3.05, 3.63) is 54.7 Å². The molecule has 0 spiro atoms. The van der Waals surface area contributed by atoms with Crippen LogP contribution in [0.5, 0.6) is 11.5 Å². The molecule has 0 bridgehead atoms. The van der Waals surface area contributed by atoms with Crippen LogP contribution in [0.4, 0.5) is 17.3 Å². The molecule has 2 aliphatic heterocycles. The molecule has 1 aromatic heterocycles. The van der Waals surface area contributed by atoms with Crippen LogP contribution < -0.4 is 19.7 Å². The van der Waals surface area contributed by atoms with Crippen molar-refractivity contribution in [2.75, 3.05) is 63.3 Å². The van der Waals surface area contributed by atoms with Gasteiger partial charge in [0.15, 0.2) is 0 Å². The van der Waals surface area contributed by atoms with Crippen LogP contribution >= 0.6 is 0 Å². The number of aliphatic hydroxyl groups is 1. The number of aliphatic hydroxyl groups excluding tert-OH is 1. The number of likely N-dealkylation sites (tertiary alicyclic amines) is 1. The Labute approximate surface area is 222 Å². The van der Waals surface area contributed by atoms with Crippen LogP contribution in [0.15, 0.2) is 54.7 Å². The highest BCUT2D eigenvalue weighted by Crippen LogP contribution is 2.33. The summed E-state index contributed by atoms with van der Waals surface area (Å²) in [6, 6.07) is 15.7.